The highest BCUT2D eigenvalue weighted by Crippen LogP contribution is 2.23. The fourth-order valence-electron chi connectivity index (χ4n) is 2.40. The van der Waals surface area contributed by atoms with Gasteiger partial charge in [-0.25, -0.2) is 0 Å². The minimum atomic E-state index is -3.78. The molecule has 6 nitrogen and oxygen atoms in total. The van der Waals surface area contributed by atoms with Crippen LogP contribution in [0.2, 0.25) is 0 Å². The number of hydrogen-bond acceptors (Lipinski definition) is 5. The topological polar surface area (TPSA) is 69.9 Å². The van der Waals surface area contributed by atoms with Crippen LogP contribution in [-0.4, -0.2) is 33.8 Å². The number of benzene rings is 2. The van der Waals surface area contributed by atoms with E-state index in [-0.39, 0.29) is 4.90 Å². The van der Waals surface area contributed by atoms with Gasteiger partial charge in [-0.15, -0.1) is 4.40 Å². The smallest absolute Gasteiger partial charge is 0.285 e. The minimum absolute atomic E-state index is 0.170. The highest BCUT2D eigenvalue weighted by atomic mass is 32.2. The molecule has 3 aromatic rings. The van der Waals surface area contributed by atoms with E-state index in [0.29, 0.717) is 23.7 Å². The summed E-state index contributed by atoms with van der Waals surface area (Å²) in [5.74, 6) is 0.713. The molecule has 8 heteroatoms. The molecule has 2 aromatic carbocycles. The molecule has 0 aliphatic heterocycles. The molecule has 0 atom stereocenters. The van der Waals surface area contributed by atoms with Gasteiger partial charge in [0, 0.05) is 13.7 Å². The van der Waals surface area contributed by atoms with E-state index in [1.165, 1.54) is 23.5 Å². The van der Waals surface area contributed by atoms with Crippen LogP contribution in [0.15, 0.2) is 57.8 Å². The summed E-state index contributed by atoms with van der Waals surface area (Å²) in [5.41, 5.74) is 0.893. The fourth-order valence-corrected chi connectivity index (χ4v) is 4.71. The third kappa shape index (κ3) is 3.76. The molecule has 0 spiro atoms. The van der Waals surface area contributed by atoms with Crippen LogP contribution in [0.5, 0.6) is 5.75 Å². The first-order chi connectivity index (χ1) is 12.0. The van der Waals surface area contributed by atoms with E-state index < -0.39 is 10.0 Å². The third-order valence-electron chi connectivity index (χ3n) is 3.65. The van der Waals surface area contributed by atoms with Gasteiger partial charge in [0.25, 0.3) is 10.0 Å². The van der Waals surface area contributed by atoms with Crippen molar-refractivity contribution in [2.75, 3.05) is 20.8 Å². The number of nitrogens with zero attached hydrogens (tertiary/aromatic N) is 2. The zero-order valence-corrected chi connectivity index (χ0v) is 15.5. The van der Waals surface area contributed by atoms with Crippen molar-refractivity contribution in [3.63, 3.8) is 0 Å². The van der Waals surface area contributed by atoms with Gasteiger partial charge in [0.05, 0.1) is 28.8 Å². The molecular weight excluding hydrogens is 360 g/mol. The lowest BCUT2D eigenvalue weighted by atomic mass is 10.3. The van der Waals surface area contributed by atoms with Crippen LogP contribution in [-0.2, 0) is 21.3 Å². The molecule has 0 bridgehead atoms. The molecule has 0 aliphatic rings. The summed E-state index contributed by atoms with van der Waals surface area (Å²) in [6.07, 6.45) is 0. The lowest BCUT2D eigenvalue weighted by Crippen LogP contribution is -2.19. The molecule has 3 rings (SSSR count). The first-order valence-corrected chi connectivity index (χ1v) is 9.83. The van der Waals surface area contributed by atoms with E-state index in [0.717, 1.165) is 10.2 Å². The summed E-state index contributed by atoms with van der Waals surface area (Å²) in [7, 11) is -0.579. The lowest BCUT2D eigenvalue weighted by molar-refractivity contribution is 0.187. The van der Waals surface area contributed by atoms with Crippen molar-refractivity contribution in [3.8, 4) is 5.75 Å². The van der Waals surface area contributed by atoms with Crippen LogP contribution in [0.1, 0.15) is 0 Å². The average Bonchev–Trinajstić information content (AvgIpc) is 2.96. The van der Waals surface area contributed by atoms with Gasteiger partial charge in [0.15, 0.2) is 0 Å². The van der Waals surface area contributed by atoms with E-state index in [9.17, 15) is 8.42 Å². The summed E-state index contributed by atoms with van der Waals surface area (Å²) >= 11 is 1.31. The molecule has 0 unspecified atom stereocenters. The minimum Gasteiger partial charge on any atom is -0.497 e. The maximum Gasteiger partial charge on any atom is 0.285 e. The van der Waals surface area contributed by atoms with Crippen molar-refractivity contribution in [1.82, 2.24) is 4.57 Å². The number of rotatable bonds is 6. The maximum absolute atomic E-state index is 12.6. The van der Waals surface area contributed by atoms with Gasteiger partial charge in [0.2, 0.25) is 4.80 Å². The highest BCUT2D eigenvalue weighted by Gasteiger charge is 2.14. The van der Waals surface area contributed by atoms with Gasteiger partial charge in [-0.3, -0.25) is 0 Å². The molecule has 0 fully saturated rings. The highest BCUT2D eigenvalue weighted by molar-refractivity contribution is 7.90. The van der Waals surface area contributed by atoms with E-state index in [4.69, 9.17) is 9.47 Å². The predicted octanol–water partition coefficient (Wildman–Crippen LogP) is 2.65. The van der Waals surface area contributed by atoms with Crippen molar-refractivity contribution in [1.29, 1.82) is 0 Å². The molecule has 25 heavy (non-hydrogen) atoms. The van der Waals surface area contributed by atoms with Crippen molar-refractivity contribution >= 4 is 31.6 Å². The van der Waals surface area contributed by atoms with Crippen LogP contribution in [0.3, 0.4) is 0 Å². The summed E-state index contributed by atoms with van der Waals surface area (Å²) < 4.78 is 42.4. The lowest BCUT2D eigenvalue weighted by Gasteiger charge is -2.05. The number of hydrogen-bond donors (Lipinski definition) is 0. The SMILES string of the molecule is COCCn1/c(=N/S(=O)(=O)c2ccccc2)sc2cc(OC)ccc21. The molecule has 132 valence electrons. The van der Waals surface area contributed by atoms with Crippen LogP contribution in [0.4, 0.5) is 0 Å². The molecule has 0 saturated carbocycles. The largest absolute Gasteiger partial charge is 0.497 e. The van der Waals surface area contributed by atoms with Crippen molar-refractivity contribution in [2.45, 2.75) is 11.4 Å². The van der Waals surface area contributed by atoms with E-state index >= 15 is 0 Å². The molecule has 1 aromatic heterocycles. The zero-order chi connectivity index (χ0) is 17.9. The number of aromatic nitrogens is 1. The maximum atomic E-state index is 12.6. The van der Waals surface area contributed by atoms with Gasteiger partial charge >= 0.3 is 0 Å². The average molecular weight is 378 g/mol. The molecule has 1 heterocycles. The monoisotopic (exact) mass is 378 g/mol. The second-order valence-corrected chi connectivity index (χ2v) is 7.86. The quantitative estimate of drug-likeness (QED) is 0.661. The van der Waals surface area contributed by atoms with Crippen LogP contribution >= 0.6 is 11.3 Å². The second kappa shape index (κ2) is 7.38. The van der Waals surface area contributed by atoms with E-state index in [1.807, 2.05) is 22.8 Å². The normalized spacial score (nSPS) is 12.6. The van der Waals surface area contributed by atoms with Crippen molar-refractivity contribution < 1.29 is 17.9 Å². The Kier molecular flexibility index (Phi) is 5.22. The standard InChI is InChI=1S/C17H18N2O4S2/c1-22-11-10-19-15-9-8-13(23-2)12-16(15)24-17(19)18-25(20,21)14-6-4-3-5-7-14/h3-9,12H,10-11H2,1-2H3/b18-17-. The Labute approximate surface area is 150 Å². The van der Waals surface area contributed by atoms with Crippen molar-refractivity contribution in [2.24, 2.45) is 4.40 Å². The third-order valence-corrected chi connectivity index (χ3v) is 6.09. The number of fused-ring (bicyclic) bond motifs is 1. The Bertz CT molecular complexity index is 1040. The molecule has 0 amide bonds. The fraction of sp³-hybridized carbons (Fsp3) is 0.235. The second-order valence-electron chi connectivity index (χ2n) is 5.24. The Balaban J connectivity index is 2.20. The van der Waals surface area contributed by atoms with Crippen LogP contribution < -0.4 is 9.54 Å². The number of sulfonamides is 1. The summed E-state index contributed by atoms with van der Waals surface area (Å²) in [4.78, 5) is 0.576. The summed E-state index contributed by atoms with van der Waals surface area (Å²) in [6, 6.07) is 13.8. The van der Waals surface area contributed by atoms with Crippen LogP contribution in [0, 0.1) is 0 Å². The Morgan fingerprint density at radius 3 is 2.56 bits per heavy atom. The van der Waals surface area contributed by atoms with Gasteiger partial charge in [-0.05, 0) is 30.3 Å². The molecule has 0 aliphatic carbocycles. The summed E-state index contributed by atoms with van der Waals surface area (Å²) in [6.45, 7) is 0.961. The Morgan fingerprint density at radius 1 is 1.12 bits per heavy atom. The predicted molar refractivity (Wildman–Crippen MR) is 97.4 cm³/mol. The number of methoxy groups -OCH3 is 2. The Morgan fingerprint density at radius 2 is 1.88 bits per heavy atom. The van der Waals surface area contributed by atoms with E-state index in [2.05, 4.69) is 4.40 Å². The zero-order valence-electron chi connectivity index (χ0n) is 13.9. The molecule has 0 radical (unpaired) electrons. The van der Waals surface area contributed by atoms with Gasteiger partial charge in [0.1, 0.15) is 5.75 Å². The Hall–Kier alpha value is -2.16. The van der Waals surface area contributed by atoms with Gasteiger partial charge in [-0.2, -0.15) is 8.42 Å². The number of ether oxygens (including phenoxy) is 2. The van der Waals surface area contributed by atoms with Crippen molar-refractivity contribution in [3.05, 3.63) is 53.3 Å². The number of thiazole rings is 1. The first kappa shape index (κ1) is 17.7. The molecule has 0 N–H and O–H groups in total. The van der Waals surface area contributed by atoms with Gasteiger partial charge < -0.3 is 14.0 Å². The van der Waals surface area contributed by atoms with Gasteiger partial charge in [-0.1, -0.05) is 29.5 Å². The summed E-state index contributed by atoms with van der Waals surface area (Å²) in [5, 5.41) is 0. The van der Waals surface area contributed by atoms with E-state index in [1.54, 1.807) is 32.4 Å². The molecular formula is C17H18N2O4S2. The molecule has 0 saturated heterocycles. The van der Waals surface area contributed by atoms with Crippen LogP contribution in [0.25, 0.3) is 10.2 Å². The first-order valence-electron chi connectivity index (χ1n) is 7.57.